The van der Waals surface area contributed by atoms with Crippen LogP contribution in [0.4, 0.5) is 10.1 Å². The molecule has 1 aromatic heterocycles. The van der Waals surface area contributed by atoms with E-state index in [1.165, 1.54) is 12.3 Å². The van der Waals surface area contributed by atoms with E-state index in [0.717, 1.165) is 0 Å². The van der Waals surface area contributed by atoms with Crippen LogP contribution in [0.25, 0.3) is 10.9 Å². The third-order valence-corrected chi connectivity index (χ3v) is 3.29. The number of nitrogens with one attached hydrogen (secondary N) is 1. The van der Waals surface area contributed by atoms with Crippen LogP contribution < -0.4 is 5.32 Å². The van der Waals surface area contributed by atoms with Gasteiger partial charge in [0.15, 0.2) is 0 Å². The molecule has 0 radical (unpaired) electrons. The fraction of sp³-hybridized carbons (Fsp3) is 0. The lowest BCUT2D eigenvalue weighted by Gasteiger charge is -2.09. The molecule has 0 fully saturated rings. The first kappa shape index (κ1) is 13.5. The van der Waals surface area contributed by atoms with Crippen LogP contribution >= 0.6 is 11.6 Å². The highest BCUT2D eigenvalue weighted by Gasteiger charge is 2.10. The average molecular weight is 301 g/mol. The fourth-order valence-corrected chi connectivity index (χ4v) is 2.26. The molecular weight excluding hydrogens is 291 g/mol. The van der Waals surface area contributed by atoms with Crippen molar-refractivity contribution in [1.29, 1.82) is 0 Å². The van der Waals surface area contributed by atoms with Crippen molar-refractivity contribution in [3.05, 3.63) is 71.1 Å². The van der Waals surface area contributed by atoms with Gasteiger partial charge in [0, 0.05) is 22.2 Å². The monoisotopic (exact) mass is 300 g/mol. The molecular formula is C16H10ClFN2O. The number of rotatable bonds is 2. The van der Waals surface area contributed by atoms with Crippen molar-refractivity contribution in [2.75, 3.05) is 5.32 Å². The Morgan fingerprint density at radius 3 is 2.76 bits per heavy atom. The van der Waals surface area contributed by atoms with Gasteiger partial charge in [-0.05, 0) is 30.3 Å². The number of nitrogens with zero attached hydrogens (tertiary/aromatic N) is 1. The van der Waals surface area contributed by atoms with Gasteiger partial charge in [-0.2, -0.15) is 0 Å². The number of hydrogen-bond acceptors (Lipinski definition) is 2. The second-order valence-electron chi connectivity index (χ2n) is 4.46. The van der Waals surface area contributed by atoms with Crippen LogP contribution in [0.5, 0.6) is 0 Å². The topological polar surface area (TPSA) is 42.0 Å². The molecule has 0 saturated heterocycles. The number of hydrogen-bond donors (Lipinski definition) is 1. The zero-order chi connectivity index (χ0) is 14.8. The molecule has 0 unspecified atom stereocenters. The lowest BCUT2D eigenvalue weighted by Crippen LogP contribution is -2.12. The number of para-hydroxylation sites is 1. The quantitative estimate of drug-likeness (QED) is 0.767. The van der Waals surface area contributed by atoms with Gasteiger partial charge in [0.25, 0.3) is 5.91 Å². The van der Waals surface area contributed by atoms with Gasteiger partial charge in [-0.3, -0.25) is 9.78 Å². The van der Waals surface area contributed by atoms with E-state index < -0.39 is 5.82 Å². The Morgan fingerprint density at radius 2 is 1.95 bits per heavy atom. The molecule has 1 N–H and O–H groups in total. The van der Waals surface area contributed by atoms with Crippen LogP contribution in [-0.4, -0.2) is 10.9 Å². The smallest absolute Gasteiger partial charge is 0.255 e. The van der Waals surface area contributed by atoms with Crippen molar-refractivity contribution in [1.82, 2.24) is 4.98 Å². The highest BCUT2D eigenvalue weighted by Crippen LogP contribution is 2.24. The maximum atomic E-state index is 13.7. The Hall–Kier alpha value is -2.46. The molecule has 3 aromatic rings. The lowest BCUT2D eigenvalue weighted by molar-refractivity contribution is 0.102. The number of carbonyl (C=O) groups excluding carboxylic acids is 1. The van der Waals surface area contributed by atoms with Crippen molar-refractivity contribution in [3.63, 3.8) is 0 Å². The molecule has 0 atom stereocenters. The minimum Gasteiger partial charge on any atom is -0.321 e. The highest BCUT2D eigenvalue weighted by atomic mass is 35.5. The largest absolute Gasteiger partial charge is 0.321 e. The number of amides is 1. The molecule has 5 heteroatoms. The Balaban J connectivity index is 1.99. The summed E-state index contributed by atoms with van der Waals surface area (Å²) < 4.78 is 13.7. The van der Waals surface area contributed by atoms with Gasteiger partial charge in [-0.1, -0.05) is 29.8 Å². The van der Waals surface area contributed by atoms with E-state index in [2.05, 4.69) is 10.3 Å². The van der Waals surface area contributed by atoms with E-state index in [-0.39, 0.29) is 11.4 Å². The first-order valence-corrected chi connectivity index (χ1v) is 6.63. The SMILES string of the molecule is O=C(Nc1ccnc2c(F)cccc12)c1cccc(Cl)c1. The zero-order valence-electron chi connectivity index (χ0n) is 10.8. The molecule has 0 aliphatic carbocycles. The molecule has 0 saturated carbocycles. The highest BCUT2D eigenvalue weighted by molar-refractivity contribution is 6.31. The van der Waals surface area contributed by atoms with Crippen molar-refractivity contribution < 1.29 is 9.18 Å². The number of halogens is 2. The van der Waals surface area contributed by atoms with Crippen molar-refractivity contribution >= 4 is 34.1 Å². The molecule has 2 aromatic carbocycles. The third-order valence-electron chi connectivity index (χ3n) is 3.06. The van der Waals surface area contributed by atoms with Crippen LogP contribution in [0.1, 0.15) is 10.4 Å². The molecule has 1 amide bonds. The summed E-state index contributed by atoms with van der Waals surface area (Å²) in [5, 5.41) is 3.78. The third kappa shape index (κ3) is 2.71. The number of carbonyl (C=O) groups is 1. The number of benzene rings is 2. The molecule has 21 heavy (non-hydrogen) atoms. The van der Waals surface area contributed by atoms with E-state index in [0.29, 0.717) is 21.7 Å². The zero-order valence-corrected chi connectivity index (χ0v) is 11.6. The minimum absolute atomic E-state index is 0.224. The predicted molar refractivity (Wildman–Crippen MR) is 81.1 cm³/mol. The van der Waals surface area contributed by atoms with E-state index in [1.54, 1.807) is 42.5 Å². The summed E-state index contributed by atoms with van der Waals surface area (Å²) >= 11 is 5.87. The van der Waals surface area contributed by atoms with Gasteiger partial charge in [0.05, 0.1) is 5.69 Å². The van der Waals surface area contributed by atoms with Gasteiger partial charge in [0.1, 0.15) is 11.3 Å². The second kappa shape index (κ2) is 5.50. The van der Waals surface area contributed by atoms with Gasteiger partial charge in [-0.15, -0.1) is 0 Å². The molecule has 1 heterocycles. The number of anilines is 1. The number of pyridine rings is 1. The molecule has 0 aliphatic heterocycles. The summed E-state index contributed by atoms with van der Waals surface area (Å²) in [5.74, 6) is -0.736. The van der Waals surface area contributed by atoms with E-state index in [9.17, 15) is 9.18 Å². The summed E-state index contributed by atoms with van der Waals surface area (Å²) in [6, 6.07) is 12.9. The molecule has 3 rings (SSSR count). The minimum atomic E-state index is -0.425. The van der Waals surface area contributed by atoms with Crippen LogP contribution in [0.3, 0.4) is 0 Å². The van der Waals surface area contributed by atoms with Crippen LogP contribution in [0.2, 0.25) is 5.02 Å². The van der Waals surface area contributed by atoms with Gasteiger partial charge in [-0.25, -0.2) is 4.39 Å². The van der Waals surface area contributed by atoms with Crippen molar-refractivity contribution in [3.8, 4) is 0 Å². The normalized spacial score (nSPS) is 10.6. The standard InChI is InChI=1S/C16H10ClFN2O/c17-11-4-1-3-10(9-11)16(21)20-14-7-8-19-15-12(14)5-2-6-13(15)18/h1-9H,(H,19,20,21). The predicted octanol–water partition coefficient (Wildman–Crippen LogP) is 4.28. The molecule has 0 bridgehead atoms. The molecule has 104 valence electrons. The van der Waals surface area contributed by atoms with Crippen LogP contribution in [-0.2, 0) is 0 Å². The molecule has 0 spiro atoms. The summed E-state index contributed by atoms with van der Waals surface area (Å²) in [7, 11) is 0. The van der Waals surface area contributed by atoms with Gasteiger partial charge >= 0.3 is 0 Å². The first-order valence-electron chi connectivity index (χ1n) is 6.25. The van der Waals surface area contributed by atoms with Gasteiger partial charge < -0.3 is 5.32 Å². The molecule has 3 nitrogen and oxygen atoms in total. The number of aromatic nitrogens is 1. The Bertz CT molecular complexity index is 835. The second-order valence-corrected chi connectivity index (χ2v) is 4.90. The maximum Gasteiger partial charge on any atom is 0.255 e. The first-order chi connectivity index (χ1) is 10.1. The Morgan fingerprint density at radius 1 is 1.14 bits per heavy atom. The van der Waals surface area contributed by atoms with Crippen molar-refractivity contribution in [2.45, 2.75) is 0 Å². The maximum absolute atomic E-state index is 13.7. The summed E-state index contributed by atoms with van der Waals surface area (Å²) in [6.07, 6.45) is 1.46. The Kier molecular flexibility index (Phi) is 3.54. The van der Waals surface area contributed by atoms with Crippen LogP contribution in [0.15, 0.2) is 54.7 Å². The van der Waals surface area contributed by atoms with E-state index >= 15 is 0 Å². The summed E-state index contributed by atoms with van der Waals surface area (Å²) in [4.78, 5) is 16.2. The fourth-order valence-electron chi connectivity index (χ4n) is 2.07. The summed E-state index contributed by atoms with van der Waals surface area (Å²) in [5.41, 5.74) is 1.16. The summed E-state index contributed by atoms with van der Waals surface area (Å²) in [6.45, 7) is 0. The number of fused-ring (bicyclic) bond motifs is 1. The van der Waals surface area contributed by atoms with E-state index in [4.69, 9.17) is 11.6 Å². The van der Waals surface area contributed by atoms with E-state index in [1.807, 2.05) is 0 Å². The van der Waals surface area contributed by atoms with Crippen molar-refractivity contribution in [2.24, 2.45) is 0 Å². The lowest BCUT2D eigenvalue weighted by atomic mass is 10.1. The Labute approximate surface area is 125 Å². The van der Waals surface area contributed by atoms with Crippen LogP contribution in [0, 0.1) is 5.82 Å². The van der Waals surface area contributed by atoms with Gasteiger partial charge in [0.2, 0.25) is 0 Å². The molecule has 0 aliphatic rings. The average Bonchev–Trinajstić information content (AvgIpc) is 2.48.